The van der Waals surface area contributed by atoms with Gasteiger partial charge in [0.15, 0.2) is 0 Å². The summed E-state index contributed by atoms with van der Waals surface area (Å²) in [5, 5.41) is 22.4. The molecule has 3 heterocycles. The van der Waals surface area contributed by atoms with Gasteiger partial charge < -0.3 is 30.9 Å². The second kappa shape index (κ2) is 9.76. The van der Waals surface area contributed by atoms with E-state index in [4.69, 9.17) is 10.5 Å². The molecule has 2 fully saturated rings. The van der Waals surface area contributed by atoms with Crippen molar-refractivity contribution in [1.29, 1.82) is 0 Å². The van der Waals surface area contributed by atoms with Crippen molar-refractivity contribution in [3.63, 3.8) is 0 Å². The number of fused-ring (bicyclic) bond motifs is 2. The number of pyridine rings is 1. The molecule has 2 aliphatic heterocycles. The fourth-order valence-corrected chi connectivity index (χ4v) is 5.10. The fraction of sp³-hybridized carbons (Fsp3) is 0.458. The highest BCUT2D eigenvalue weighted by atomic mass is 16.5. The third-order valence-electron chi connectivity index (χ3n) is 6.61. The van der Waals surface area contributed by atoms with Gasteiger partial charge in [0.1, 0.15) is 11.6 Å². The van der Waals surface area contributed by atoms with E-state index in [0.29, 0.717) is 22.4 Å². The normalized spacial score (nSPS) is 22.6. The predicted octanol–water partition coefficient (Wildman–Crippen LogP) is 1.01. The first kappa shape index (κ1) is 23.0. The van der Waals surface area contributed by atoms with E-state index in [1.165, 1.54) is 13.3 Å². The van der Waals surface area contributed by atoms with Gasteiger partial charge in [-0.2, -0.15) is 0 Å². The molecule has 0 spiro atoms. The molecule has 176 valence electrons. The summed E-state index contributed by atoms with van der Waals surface area (Å²) in [6, 6.07) is 9.25. The van der Waals surface area contributed by atoms with Gasteiger partial charge in [-0.1, -0.05) is 6.07 Å². The van der Waals surface area contributed by atoms with Crippen LogP contribution in [0.4, 0.5) is 5.82 Å². The highest BCUT2D eigenvalue weighted by Gasteiger charge is 2.42. The Hall–Kier alpha value is -3.17. The zero-order valence-electron chi connectivity index (χ0n) is 18.6. The molecule has 0 aliphatic carbocycles. The lowest BCUT2D eigenvalue weighted by Gasteiger charge is -2.40. The number of benzene rings is 1. The minimum Gasteiger partial charge on any atom is -0.496 e. The molecule has 0 saturated carbocycles. The summed E-state index contributed by atoms with van der Waals surface area (Å²) in [7, 11) is 1.52. The molecule has 2 amide bonds. The summed E-state index contributed by atoms with van der Waals surface area (Å²) in [6.07, 6.45) is 4.28. The third-order valence-corrected chi connectivity index (χ3v) is 6.61. The first-order valence-corrected chi connectivity index (χ1v) is 11.2. The third kappa shape index (κ3) is 4.79. The zero-order valence-corrected chi connectivity index (χ0v) is 18.6. The maximum atomic E-state index is 13.2. The summed E-state index contributed by atoms with van der Waals surface area (Å²) < 4.78 is 5.39. The number of carbonyl (C=O) groups is 2. The summed E-state index contributed by atoms with van der Waals surface area (Å²) in [5.41, 5.74) is 6.73. The Balaban J connectivity index is 1.47. The van der Waals surface area contributed by atoms with Crippen LogP contribution in [0.5, 0.6) is 5.75 Å². The number of methoxy groups -OCH3 is 1. The highest BCUT2D eigenvalue weighted by molar-refractivity contribution is 5.96. The van der Waals surface area contributed by atoms with Gasteiger partial charge in [-0.25, -0.2) is 4.98 Å². The number of anilines is 1. The number of carbonyl (C=O) groups excluding carboxylic acids is 2. The number of amides is 2. The van der Waals surface area contributed by atoms with Gasteiger partial charge >= 0.3 is 0 Å². The molecule has 4 rings (SSSR count). The van der Waals surface area contributed by atoms with Crippen molar-refractivity contribution in [3.05, 3.63) is 53.2 Å². The molecule has 2 unspecified atom stereocenters. The van der Waals surface area contributed by atoms with Gasteiger partial charge in [-0.05, 0) is 49.9 Å². The molecular weight excluding hydrogens is 424 g/mol. The van der Waals surface area contributed by atoms with Crippen LogP contribution in [0.3, 0.4) is 0 Å². The van der Waals surface area contributed by atoms with Crippen LogP contribution in [-0.4, -0.2) is 65.0 Å². The molecule has 1 aromatic carbocycles. The number of aliphatic hydroxyl groups is 2. The van der Waals surface area contributed by atoms with Crippen molar-refractivity contribution in [2.45, 2.75) is 56.3 Å². The predicted molar refractivity (Wildman–Crippen MR) is 122 cm³/mol. The van der Waals surface area contributed by atoms with E-state index in [1.807, 2.05) is 6.07 Å². The maximum Gasteiger partial charge on any atom is 0.251 e. The zero-order chi connectivity index (χ0) is 23.5. The Morgan fingerprint density at radius 1 is 1.24 bits per heavy atom. The van der Waals surface area contributed by atoms with Gasteiger partial charge in [0, 0.05) is 41.9 Å². The van der Waals surface area contributed by atoms with E-state index in [1.54, 1.807) is 24.3 Å². The molecule has 9 heteroatoms. The minimum atomic E-state index is -0.972. The van der Waals surface area contributed by atoms with Crippen LogP contribution in [0.15, 0.2) is 36.5 Å². The fourth-order valence-electron chi connectivity index (χ4n) is 5.10. The van der Waals surface area contributed by atoms with E-state index in [-0.39, 0.29) is 30.5 Å². The molecule has 4 atom stereocenters. The van der Waals surface area contributed by atoms with Crippen molar-refractivity contribution < 1.29 is 24.5 Å². The number of primary amides is 1. The number of nitrogens with two attached hydrogens (primary N) is 1. The quantitative estimate of drug-likeness (QED) is 0.467. The maximum absolute atomic E-state index is 13.2. The molecule has 33 heavy (non-hydrogen) atoms. The summed E-state index contributed by atoms with van der Waals surface area (Å²) >= 11 is 0. The van der Waals surface area contributed by atoms with E-state index in [0.717, 1.165) is 31.5 Å². The van der Waals surface area contributed by atoms with E-state index in [9.17, 15) is 19.8 Å². The average Bonchev–Trinajstić information content (AvgIpc) is 3.09. The number of nitrogens with one attached hydrogen (secondary N) is 1. The first-order valence-electron chi connectivity index (χ1n) is 11.2. The molecule has 2 bridgehead atoms. The van der Waals surface area contributed by atoms with Crippen LogP contribution < -0.4 is 20.7 Å². The molecule has 2 aliphatic rings. The smallest absolute Gasteiger partial charge is 0.251 e. The molecule has 1 aromatic heterocycles. The van der Waals surface area contributed by atoms with Gasteiger partial charge in [0.05, 0.1) is 25.4 Å². The first-order chi connectivity index (χ1) is 15.9. The van der Waals surface area contributed by atoms with Gasteiger partial charge in [0.2, 0.25) is 5.91 Å². The molecule has 9 nitrogen and oxygen atoms in total. The number of piperidine rings is 1. The van der Waals surface area contributed by atoms with Crippen LogP contribution in [-0.2, 0) is 6.42 Å². The lowest BCUT2D eigenvalue weighted by molar-refractivity contribution is 0.0902. The molecule has 0 radical (unpaired) electrons. The number of aliphatic hydroxyl groups excluding tert-OH is 2. The van der Waals surface area contributed by atoms with E-state index in [2.05, 4.69) is 15.2 Å². The van der Waals surface area contributed by atoms with Gasteiger partial charge in [-0.15, -0.1) is 0 Å². The van der Waals surface area contributed by atoms with Crippen LogP contribution in [0.25, 0.3) is 0 Å². The van der Waals surface area contributed by atoms with Crippen molar-refractivity contribution >= 4 is 17.6 Å². The second-order valence-corrected chi connectivity index (χ2v) is 8.73. The molecule has 2 aromatic rings. The Morgan fingerprint density at radius 2 is 1.97 bits per heavy atom. The summed E-state index contributed by atoms with van der Waals surface area (Å²) in [5.74, 6) is 0.624. The summed E-state index contributed by atoms with van der Waals surface area (Å²) in [4.78, 5) is 31.2. The molecule has 2 saturated heterocycles. The molecular formula is C24H30N4O5. The van der Waals surface area contributed by atoms with E-state index < -0.39 is 18.6 Å². The Kier molecular flexibility index (Phi) is 6.80. The molecule has 5 N–H and O–H groups in total. The number of hydrogen-bond acceptors (Lipinski definition) is 7. The van der Waals surface area contributed by atoms with Crippen molar-refractivity contribution in [2.24, 2.45) is 5.73 Å². The van der Waals surface area contributed by atoms with Crippen LogP contribution in [0.1, 0.15) is 52.0 Å². The highest BCUT2D eigenvalue weighted by Crippen LogP contribution is 2.38. The largest absolute Gasteiger partial charge is 0.496 e. The lowest BCUT2D eigenvalue weighted by Crippen LogP contribution is -2.51. The monoisotopic (exact) mass is 454 g/mol. The minimum absolute atomic E-state index is 0.0120. The Bertz CT molecular complexity index is 998. The van der Waals surface area contributed by atoms with Crippen LogP contribution >= 0.6 is 0 Å². The SMILES string of the molecule is COc1cccc(C(=O)NC2C[C@H]3CC[C@@H](C2)N3c2ccc(C(N)=O)cn2)c1CC(O)CO. The number of aromatic nitrogens is 1. The number of ether oxygens (including phenoxy) is 1. The lowest BCUT2D eigenvalue weighted by atomic mass is 9.95. The average molecular weight is 455 g/mol. The number of nitrogens with zero attached hydrogens (tertiary/aromatic N) is 2. The Morgan fingerprint density at radius 3 is 2.55 bits per heavy atom. The van der Waals surface area contributed by atoms with Crippen LogP contribution in [0, 0.1) is 0 Å². The van der Waals surface area contributed by atoms with E-state index >= 15 is 0 Å². The van der Waals surface area contributed by atoms with Gasteiger partial charge in [-0.3, -0.25) is 9.59 Å². The van der Waals surface area contributed by atoms with Gasteiger partial charge in [0.25, 0.3) is 5.91 Å². The summed E-state index contributed by atoms with van der Waals surface area (Å²) in [6.45, 7) is -0.393. The number of rotatable bonds is 8. The second-order valence-electron chi connectivity index (χ2n) is 8.73. The number of hydrogen-bond donors (Lipinski definition) is 4. The van der Waals surface area contributed by atoms with Crippen molar-refractivity contribution in [3.8, 4) is 5.75 Å². The van der Waals surface area contributed by atoms with Crippen molar-refractivity contribution in [2.75, 3.05) is 18.6 Å². The standard InChI is InChI=1S/C24H30N4O5/c1-33-21-4-2-3-19(20(21)11-18(30)13-29)24(32)27-15-9-16-6-7-17(10-15)28(16)22-8-5-14(12-26-22)23(25)31/h2-5,8,12,15-18,29-30H,6-7,9-11,13H2,1H3,(H2,25,31)(H,27,32)/t15?,16-,17+,18?. The van der Waals surface area contributed by atoms with Crippen molar-refractivity contribution in [1.82, 2.24) is 10.3 Å². The van der Waals surface area contributed by atoms with Crippen LogP contribution in [0.2, 0.25) is 0 Å². The Labute approximate surface area is 192 Å². The topological polar surface area (TPSA) is 138 Å².